The van der Waals surface area contributed by atoms with Crippen molar-refractivity contribution in [2.45, 2.75) is 20.3 Å². The molecule has 108 valence electrons. The van der Waals surface area contributed by atoms with Crippen LogP contribution in [0, 0.1) is 0 Å². The molecule has 0 saturated heterocycles. The number of carbonyl (C=O) groups is 1. The quantitative estimate of drug-likeness (QED) is 0.799. The van der Waals surface area contributed by atoms with Crippen LogP contribution >= 0.6 is 0 Å². The maximum Gasteiger partial charge on any atom is 0.503 e. The number of carboxylic acid groups (broad SMARTS) is 2. The minimum atomic E-state index is -1.83. The van der Waals surface area contributed by atoms with Gasteiger partial charge in [0.1, 0.15) is 11.5 Å². The van der Waals surface area contributed by atoms with Crippen LogP contribution < -0.4 is 4.74 Å². The Morgan fingerprint density at radius 2 is 1.10 bits per heavy atom. The van der Waals surface area contributed by atoms with Crippen LogP contribution in [0.4, 0.5) is 4.79 Å². The lowest BCUT2D eigenvalue weighted by atomic mass is 10.3. The average molecular weight is 276 g/mol. The molecule has 0 saturated carbocycles. The van der Waals surface area contributed by atoms with Crippen LogP contribution in [0.3, 0.4) is 0 Å². The Labute approximate surface area is 119 Å². The largest absolute Gasteiger partial charge is 0.503 e. The number of hydrogen-bond acceptors (Lipinski definition) is 2. The van der Waals surface area contributed by atoms with Crippen molar-refractivity contribution in [2.75, 3.05) is 0 Å². The zero-order chi connectivity index (χ0) is 15.2. The molecule has 0 aliphatic heterocycles. The summed E-state index contributed by atoms with van der Waals surface area (Å²) in [6.07, 6.45) is -0.583. The molecule has 0 aromatic heterocycles. The van der Waals surface area contributed by atoms with Crippen molar-refractivity contribution in [1.82, 2.24) is 0 Å². The number of para-hydroxylation sites is 2. The molecule has 2 aromatic rings. The van der Waals surface area contributed by atoms with E-state index in [4.69, 9.17) is 19.7 Å². The van der Waals surface area contributed by atoms with Gasteiger partial charge in [-0.05, 0) is 24.3 Å². The molecule has 2 rings (SSSR count). The number of ether oxygens (including phenoxy) is 1. The number of hydrogen-bond donors (Lipinski definition) is 2. The van der Waals surface area contributed by atoms with Gasteiger partial charge in [-0.2, -0.15) is 0 Å². The van der Waals surface area contributed by atoms with Crippen LogP contribution in [0.2, 0.25) is 0 Å². The van der Waals surface area contributed by atoms with E-state index in [1.165, 1.54) is 6.42 Å². The Morgan fingerprint density at radius 1 is 0.850 bits per heavy atom. The van der Waals surface area contributed by atoms with E-state index in [1.54, 1.807) is 0 Å². The molecule has 0 spiro atoms. The molecular formula is C16H20O4. The summed E-state index contributed by atoms with van der Waals surface area (Å²) in [5, 5.41) is 13.9. The van der Waals surface area contributed by atoms with Gasteiger partial charge in [0.2, 0.25) is 0 Å². The van der Waals surface area contributed by atoms with Crippen molar-refractivity contribution >= 4 is 6.16 Å². The lowest BCUT2D eigenvalue weighted by Crippen LogP contribution is -1.81. The molecule has 0 atom stereocenters. The lowest BCUT2D eigenvalue weighted by molar-refractivity contribution is 0.137. The lowest BCUT2D eigenvalue weighted by Gasteiger charge is -2.03. The Morgan fingerprint density at radius 3 is 1.35 bits per heavy atom. The van der Waals surface area contributed by atoms with E-state index in [2.05, 4.69) is 13.8 Å². The third kappa shape index (κ3) is 10.7. The predicted octanol–water partition coefficient (Wildman–Crippen LogP) is 5.12. The molecule has 2 aromatic carbocycles. The minimum absolute atomic E-state index is 0.869. The highest BCUT2D eigenvalue weighted by molar-refractivity contribution is 5.53. The molecule has 20 heavy (non-hydrogen) atoms. The molecule has 0 amide bonds. The molecule has 0 radical (unpaired) electrons. The second-order valence-electron chi connectivity index (χ2n) is 3.72. The van der Waals surface area contributed by atoms with Gasteiger partial charge < -0.3 is 14.9 Å². The van der Waals surface area contributed by atoms with E-state index in [-0.39, 0.29) is 0 Å². The highest BCUT2D eigenvalue weighted by Crippen LogP contribution is 2.19. The molecule has 0 unspecified atom stereocenters. The monoisotopic (exact) mass is 276 g/mol. The fraction of sp³-hybridized carbons (Fsp3) is 0.188. The van der Waals surface area contributed by atoms with Gasteiger partial charge in [-0.1, -0.05) is 56.7 Å². The topological polar surface area (TPSA) is 66.8 Å². The summed E-state index contributed by atoms with van der Waals surface area (Å²) in [6.45, 7) is 4.25. The van der Waals surface area contributed by atoms with Gasteiger partial charge >= 0.3 is 6.16 Å². The van der Waals surface area contributed by atoms with E-state index >= 15 is 0 Å². The first kappa shape index (κ1) is 17.5. The number of rotatable bonds is 2. The van der Waals surface area contributed by atoms with Crippen LogP contribution in [0.1, 0.15) is 20.3 Å². The van der Waals surface area contributed by atoms with E-state index < -0.39 is 6.16 Å². The zero-order valence-electron chi connectivity index (χ0n) is 11.7. The highest BCUT2D eigenvalue weighted by atomic mass is 16.6. The van der Waals surface area contributed by atoms with Gasteiger partial charge in [0.25, 0.3) is 0 Å². The minimum Gasteiger partial charge on any atom is -0.457 e. The second-order valence-corrected chi connectivity index (χ2v) is 3.72. The van der Waals surface area contributed by atoms with Crippen LogP contribution in [0.25, 0.3) is 0 Å². The Hall–Kier alpha value is -2.49. The van der Waals surface area contributed by atoms with Crippen LogP contribution in [-0.2, 0) is 0 Å². The van der Waals surface area contributed by atoms with Crippen molar-refractivity contribution in [3.63, 3.8) is 0 Å². The standard InChI is InChI=1S/C12H10O.C3H8.CH2O3/c1-3-7-11(8-4-1)13-12-9-5-2-6-10-12;1-3-2;2-1(3)4/h1-10H;3H2,1-2H3;(H2,2,3,4). The van der Waals surface area contributed by atoms with Crippen molar-refractivity contribution in [1.29, 1.82) is 0 Å². The summed E-state index contributed by atoms with van der Waals surface area (Å²) < 4.78 is 5.58. The SMILES string of the molecule is CCC.O=C(O)O.c1ccc(Oc2ccccc2)cc1. The Kier molecular flexibility index (Phi) is 10.1. The van der Waals surface area contributed by atoms with E-state index in [0.29, 0.717) is 0 Å². The van der Waals surface area contributed by atoms with Crippen molar-refractivity contribution < 1.29 is 19.7 Å². The van der Waals surface area contributed by atoms with Crippen molar-refractivity contribution in [3.05, 3.63) is 60.7 Å². The number of benzene rings is 2. The van der Waals surface area contributed by atoms with Crippen molar-refractivity contribution in [3.8, 4) is 11.5 Å². The normalized spacial score (nSPS) is 8.30. The van der Waals surface area contributed by atoms with Gasteiger partial charge in [0.15, 0.2) is 0 Å². The first-order valence-corrected chi connectivity index (χ1v) is 6.30. The van der Waals surface area contributed by atoms with Gasteiger partial charge in [-0.25, -0.2) is 4.79 Å². The first-order chi connectivity index (χ1) is 9.60. The Bertz CT molecular complexity index is 413. The van der Waals surface area contributed by atoms with Crippen LogP contribution in [-0.4, -0.2) is 16.4 Å². The van der Waals surface area contributed by atoms with Gasteiger partial charge in [0, 0.05) is 0 Å². The second kappa shape index (κ2) is 11.6. The van der Waals surface area contributed by atoms with Gasteiger partial charge in [-0.3, -0.25) is 0 Å². The van der Waals surface area contributed by atoms with Gasteiger partial charge in [-0.15, -0.1) is 0 Å². The molecule has 0 bridgehead atoms. The van der Waals surface area contributed by atoms with E-state index in [0.717, 1.165) is 11.5 Å². The molecular weight excluding hydrogens is 256 g/mol. The summed E-state index contributed by atoms with van der Waals surface area (Å²) in [6, 6.07) is 19.5. The fourth-order valence-electron chi connectivity index (χ4n) is 1.11. The molecule has 0 heterocycles. The summed E-state index contributed by atoms with van der Waals surface area (Å²) in [4.78, 5) is 8.56. The molecule has 2 N–H and O–H groups in total. The smallest absolute Gasteiger partial charge is 0.457 e. The van der Waals surface area contributed by atoms with E-state index in [9.17, 15) is 0 Å². The third-order valence-electron chi connectivity index (χ3n) is 1.72. The van der Waals surface area contributed by atoms with Crippen molar-refractivity contribution in [2.24, 2.45) is 0 Å². The molecule has 4 nitrogen and oxygen atoms in total. The van der Waals surface area contributed by atoms with E-state index in [1.807, 2.05) is 60.7 Å². The zero-order valence-corrected chi connectivity index (χ0v) is 11.7. The summed E-state index contributed by atoms with van der Waals surface area (Å²) in [5.41, 5.74) is 0. The maximum atomic E-state index is 8.56. The molecule has 0 aliphatic rings. The third-order valence-corrected chi connectivity index (χ3v) is 1.72. The first-order valence-electron chi connectivity index (χ1n) is 6.30. The Balaban J connectivity index is 0.000000438. The highest BCUT2D eigenvalue weighted by Gasteiger charge is 1.92. The summed E-state index contributed by atoms with van der Waals surface area (Å²) >= 11 is 0. The predicted molar refractivity (Wildman–Crippen MR) is 79.6 cm³/mol. The van der Waals surface area contributed by atoms with Crippen LogP contribution in [0.5, 0.6) is 11.5 Å². The molecule has 4 heteroatoms. The van der Waals surface area contributed by atoms with Gasteiger partial charge in [0.05, 0.1) is 0 Å². The van der Waals surface area contributed by atoms with Crippen LogP contribution in [0.15, 0.2) is 60.7 Å². The summed E-state index contributed by atoms with van der Waals surface area (Å²) in [7, 11) is 0. The average Bonchev–Trinajstić information content (AvgIpc) is 2.41. The molecule has 0 aliphatic carbocycles. The summed E-state index contributed by atoms with van der Waals surface area (Å²) in [5.74, 6) is 1.74. The molecule has 0 fully saturated rings. The maximum absolute atomic E-state index is 8.56. The fourth-order valence-corrected chi connectivity index (χ4v) is 1.11.